The monoisotopic (exact) mass is 435 g/mol. The van der Waals surface area contributed by atoms with Gasteiger partial charge in [0.1, 0.15) is 0 Å². The van der Waals surface area contributed by atoms with Gasteiger partial charge in [0.05, 0.1) is 22.6 Å². The third-order valence-electron chi connectivity index (χ3n) is 5.66. The van der Waals surface area contributed by atoms with Crippen molar-refractivity contribution in [3.63, 3.8) is 0 Å². The van der Waals surface area contributed by atoms with Crippen LogP contribution in [0.5, 0.6) is 5.75 Å². The third-order valence-corrected chi connectivity index (χ3v) is 6.22. The van der Waals surface area contributed by atoms with Crippen molar-refractivity contribution < 1.29 is 14.5 Å². The Labute approximate surface area is 177 Å². The van der Waals surface area contributed by atoms with Gasteiger partial charge < -0.3 is 10.1 Å². The van der Waals surface area contributed by atoms with E-state index in [1.807, 2.05) is 13.8 Å². The van der Waals surface area contributed by atoms with Gasteiger partial charge in [-0.2, -0.15) is 0 Å². The van der Waals surface area contributed by atoms with E-state index in [0.717, 1.165) is 0 Å². The molecule has 2 aliphatic heterocycles. The van der Waals surface area contributed by atoms with Crippen LogP contribution < -0.4 is 15.4 Å². The van der Waals surface area contributed by atoms with Crippen LogP contribution in [0.15, 0.2) is 36.4 Å². The number of rotatable bonds is 4. The normalized spacial score (nSPS) is 27.7. The molecule has 2 heterocycles. The molecular weight excluding hydrogens is 417 g/mol. The number of benzene rings is 2. The van der Waals surface area contributed by atoms with Crippen LogP contribution in [-0.2, 0) is 10.3 Å². The van der Waals surface area contributed by atoms with Crippen LogP contribution in [0.25, 0.3) is 0 Å². The number of carbonyl (C=O) groups is 1. The predicted octanol–water partition coefficient (Wildman–Crippen LogP) is 3.96. The van der Waals surface area contributed by atoms with Crippen molar-refractivity contribution in [3.8, 4) is 5.75 Å². The molecule has 0 bridgehead atoms. The standard InChI is InChI=1S/C20H19Cl2N3O4/c1-3-29-17-13(21)8-11(9-14(17)22)16-10(2)24-20(18(16)25(27)28)12-6-4-5-7-15(12)23-19(20)26/h4-10,16,18,24H,3H2,1-2H3,(H,23,26)/t10-,16-,18+,20+/m0/s1. The van der Waals surface area contributed by atoms with Crippen LogP contribution in [0.3, 0.4) is 0 Å². The molecule has 1 amide bonds. The molecular formula is C20H19Cl2N3O4. The van der Waals surface area contributed by atoms with E-state index in [1.54, 1.807) is 36.4 Å². The Morgan fingerprint density at radius 2 is 1.90 bits per heavy atom. The third kappa shape index (κ3) is 2.87. The maximum Gasteiger partial charge on any atom is 0.256 e. The summed E-state index contributed by atoms with van der Waals surface area (Å²) in [5.41, 5.74) is 0.262. The lowest BCUT2D eigenvalue weighted by atomic mass is 9.78. The number of hydrogen-bond acceptors (Lipinski definition) is 5. The zero-order valence-electron chi connectivity index (χ0n) is 15.7. The molecule has 4 atom stereocenters. The molecule has 1 fully saturated rings. The number of nitrogens with zero attached hydrogens (tertiary/aromatic N) is 1. The maximum atomic E-state index is 13.0. The molecule has 2 aliphatic rings. The lowest BCUT2D eigenvalue weighted by Gasteiger charge is -2.25. The van der Waals surface area contributed by atoms with Gasteiger partial charge in [0.2, 0.25) is 0 Å². The Morgan fingerprint density at radius 3 is 2.52 bits per heavy atom. The fourth-order valence-electron chi connectivity index (χ4n) is 4.61. The van der Waals surface area contributed by atoms with Crippen molar-refractivity contribution in [1.82, 2.24) is 5.32 Å². The first-order valence-corrected chi connectivity index (χ1v) is 10.0. The van der Waals surface area contributed by atoms with E-state index < -0.39 is 23.4 Å². The largest absolute Gasteiger partial charge is 0.491 e. The first-order chi connectivity index (χ1) is 13.8. The number of carbonyl (C=O) groups excluding carboxylic acids is 1. The molecule has 152 valence electrons. The van der Waals surface area contributed by atoms with Crippen molar-refractivity contribution in [2.75, 3.05) is 11.9 Å². The van der Waals surface area contributed by atoms with E-state index in [9.17, 15) is 14.9 Å². The van der Waals surface area contributed by atoms with Crippen LogP contribution in [-0.4, -0.2) is 29.5 Å². The maximum absolute atomic E-state index is 13.0. The van der Waals surface area contributed by atoms with Gasteiger partial charge in [0, 0.05) is 22.2 Å². The van der Waals surface area contributed by atoms with E-state index in [4.69, 9.17) is 27.9 Å². The molecule has 0 unspecified atom stereocenters. The van der Waals surface area contributed by atoms with E-state index in [-0.39, 0.29) is 21.0 Å². The highest BCUT2D eigenvalue weighted by atomic mass is 35.5. The minimum absolute atomic E-state index is 0.279. The number of anilines is 1. The number of ether oxygens (including phenoxy) is 1. The minimum Gasteiger partial charge on any atom is -0.491 e. The smallest absolute Gasteiger partial charge is 0.256 e. The number of amides is 1. The Hall–Kier alpha value is -2.35. The second-order valence-corrected chi connectivity index (χ2v) is 8.06. The molecule has 2 aromatic carbocycles. The molecule has 1 spiro atoms. The topological polar surface area (TPSA) is 93.5 Å². The lowest BCUT2D eigenvalue weighted by Crippen LogP contribution is -2.54. The molecule has 9 heteroatoms. The Kier molecular flexibility index (Phi) is 4.93. The molecule has 4 rings (SSSR count). The molecule has 29 heavy (non-hydrogen) atoms. The molecule has 0 saturated carbocycles. The quantitative estimate of drug-likeness (QED) is 0.559. The molecule has 0 aromatic heterocycles. The molecule has 0 aliphatic carbocycles. The van der Waals surface area contributed by atoms with E-state index in [0.29, 0.717) is 29.2 Å². The van der Waals surface area contributed by atoms with E-state index in [2.05, 4.69) is 10.6 Å². The van der Waals surface area contributed by atoms with Gasteiger partial charge in [-0.15, -0.1) is 0 Å². The highest BCUT2D eigenvalue weighted by Gasteiger charge is 2.67. The van der Waals surface area contributed by atoms with Crippen molar-refractivity contribution in [1.29, 1.82) is 0 Å². The Morgan fingerprint density at radius 1 is 1.24 bits per heavy atom. The van der Waals surface area contributed by atoms with Gasteiger partial charge in [-0.3, -0.25) is 20.2 Å². The highest BCUT2D eigenvalue weighted by molar-refractivity contribution is 6.37. The van der Waals surface area contributed by atoms with Gasteiger partial charge in [0.25, 0.3) is 11.9 Å². The summed E-state index contributed by atoms with van der Waals surface area (Å²) in [6.45, 7) is 4.02. The zero-order valence-corrected chi connectivity index (χ0v) is 17.3. The number of nitro groups is 1. The van der Waals surface area contributed by atoms with Gasteiger partial charge in [-0.25, -0.2) is 0 Å². The van der Waals surface area contributed by atoms with Crippen LogP contribution in [0.1, 0.15) is 30.9 Å². The molecule has 1 saturated heterocycles. The van der Waals surface area contributed by atoms with Gasteiger partial charge in [-0.1, -0.05) is 41.4 Å². The summed E-state index contributed by atoms with van der Waals surface area (Å²) in [5, 5.41) is 18.8. The van der Waals surface area contributed by atoms with Crippen LogP contribution in [0, 0.1) is 10.1 Å². The van der Waals surface area contributed by atoms with Crippen LogP contribution >= 0.6 is 23.2 Å². The van der Waals surface area contributed by atoms with Gasteiger partial charge in [0.15, 0.2) is 11.3 Å². The number of nitrogens with one attached hydrogen (secondary N) is 2. The van der Waals surface area contributed by atoms with Crippen molar-refractivity contribution in [2.24, 2.45) is 0 Å². The summed E-state index contributed by atoms with van der Waals surface area (Å²) in [7, 11) is 0. The van der Waals surface area contributed by atoms with E-state index in [1.165, 1.54) is 0 Å². The second kappa shape index (κ2) is 7.16. The fourth-order valence-corrected chi connectivity index (χ4v) is 5.22. The Balaban J connectivity index is 1.87. The van der Waals surface area contributed by atoms with Gasteiger partial charge >= 0.3 is 0 Å². The molecule has 2 aromatic rings. The molecule has 0 radical (unpaired) electrons. The summed E-state index contributed by atoms with van der Waals surface area (Å²) in [6, 6.07) is 8.67. The van der Waals surface area contributed by atoms with Crippen LogP contribution in [0.4, 0.5) is 5.69 Å². The summed E-state index contributed by atoms with van der Waals surface area (Å²) in [5.74, 6) is -0.722. The number of fused-ring (bicyclic) bond motifs is 2. The first kappa shape index (κ1) is 19.9. The Bertz CT molecular complexity index is 992. The van der Waals surface area contributed by atoms with Crippen molar-refractivity contribution >= 4 is 34.8 Å². The summed E-state index contributed by atoms with van der Waals surface area (Å²) >= 11 is 12.7. The first-order valence-electron chi connectivity index (χ1n) is 9.25. The SMILES string of the molecule is CCOc1c(Cl)cc([C@@H]2[C@H](C)N[C@@]3(C(=O)Nc4ccccc43)[C@@H]2[N+](=O)[O-])cc1Cl. The van der Waals surface area contributed by atoms with E-state index >= 15 is 0 Å². The zero-order chi connectivity index (χ0) is 20.9. The second-order valence-electron chi connectivity index (χ2n) is 7.24. The average Bonchev–Trinajstić information content (AvgIpc) is 3.13. The number of halogens is 2. The summed E-state index contributed by atoms with van der Waals surface area (Å²) in [4.78, 5) is 24.9. The highest BCUT2D eigenvalue weighted by Crippen LogP contribution is 2.50. The average molecular weight is 436 g/mol. The lowest BCUT2D eigenvalue weighted by molar-refractivity contribution is -0.532. The summed E-state index contributed by atoms with van der Waals surface area (Å²) in [6.07, 6.45) is 0. The predicted molar refractivity (Wildman–Crippen MR) is 111 cm³/mol. The fraction of sp³-hybridized carbons (Fsp3) is 0.350. The van der Waals surface area contributed by atoms with Crippen molar-refractivity contribution in [2.45, 2.75) is 37.4 Å². The molecule has 7 nitrogen and oxygen atoms in total. The van der Waals surface area contributed by atoms with Crippen molar-refractivity contribution in [3.05, 3.63) is 67.7 Å². The molecule has 2 N–H and O–H groups in total. The van der Waals surface area contributed by atoms with Crippen LogP contribution in [0.2, 0.25) is 10.0 Å². The minimum atomic E-state index is -1.47. The summed E-state index contributed by atoms with van der Waals surface area (Å²) < 4.78 is 5.47. The number of para-hydroxylation sites is 1. The van der Waals surface area contributed by atoms with Gasteiger partial charge in [-0.05, 0) is 37.6 Å². The number of hydrogen-bond donors (Lipinski definition) is 2.